The van der Waals surface area contributed by atoms with Gasteiger partial charge in [0.05, 0.1) is 30.2 Å². The summed E-state index contributed by atoms with van der Waals surface area (Å²) in [6, 6.07) is 15.2. The fourth-order valence-electron chi connectivity index (χ4n) is 4.24. The summed E-state index contributed by atoms with van der Waals surface area (Å²) in [6.07, 6.45) is 5.73. The van der Waals surface area contributed by atoms with Crippen molar-refractivity contribution in [1.29, 1.82) is 0 Å². The van der Waals surface area contributed by atoms with E-state index in [2.05, 4.69) is 10.5 Å². The van der Waals surface area contributed by atoms with Gasteiger partial charge >= 0.3 is 0 Å². The number of hydrazone groups is 1. The summed E-state index contributed by atoms with van der Waals surface area (Å²) >= 11 is 2.85. The number of benzene rings is 2. The van der Waals surface area contributed by atoms with Crippen molar-refractivity contribution in [3.05, 3.63) is 80.5 Å². The lowest BCUT2D eigenvalue weighted by atomic mass is 9.97. The maximum atomic E-state index is 13.8. The fourth-order valence-corrected chi connectivity index (χ4v) is 6.34. The van der Waals surface area contributed by atoms with E-state index in [1.54, 1.807) is 29.2 Å². The molecule has 2 aromatic carbocycles. The third-order valence-electron chi connectivity index (χ3n) is 6.10. The first-order chi connectivity index (χ1) is 17.5. The summed E-state index contributed by atoms with van der Waals surface area (Å²) in [5.41, 5.74) is 6.34. The number of nitrogens with one attached hydrogen (secondary N) is 1. The van der Waals surface area contributed by atoms with Crippen molar-refractivity contribution in [2.45, 2.75) is 37.8 Å². The number of ether oxygens (including phenoxy) is 1. The Hall–Kier alpha value is -3.43. The molecule has 0 radical (unpaired) electrons. The monoisotopic (exact) mass is 518 g/mol. The molecule has 0 unspecified atom stereocenters. The number of hydrogen-bond acceptors (Lipinski definition) is 7. The number of thioether (sulfide) groups is 1. The van der Waals surface area contributed by atoms with E-state index >= 15 is 0 Å². The molecule has 0 fully saturated rings. The third kappa shape index (κ3) is 5.08. The van der Waals surface area contributed by atoms with E-state index < -0.39 is 0 Å². The van der Waals surface area contributed by atoms with Crippen LogP contribution < -0.4 is 15.7 Å². The van der Waals surface area contributed by atoms with E-state index in [-0.39, 0.29) is 17.2 Å². The summed E-state index contributed by atoms with van der Waals surface area (Å²) in [7, 11) is 1.61. The average molecular weight is 519 g/mol. The highest BCUT2D eigenvalue weighted by molar-refractivity contribution is 7.99. The van der Waals surface area contributed by atoms with Gasteiger partial charge in [0.1, 0.15) is 10.6 Å². The van der Waals surface area contributed by atoms with Crippen molar-refractivity contribution in [2.24, 2.45) is 5.10 Å². The van der Waals surface area contributed by atoms with E-state index in [1.807, 2.05) is 55.5 Å². The topological polar surface area (TPSA) is 85.6 Å². The zero-order valence-electron chi connectivity index (χ0n) is 20.1. The highest BCUT2D eigenvalue weighted by Crippen LogP contribution is 2.35. The molecule has 0 bridgehead atoms. The van der Waals surface area contributed by atoms with Gasteiger partial charge in [0.25, 0.3) is 11.5 Å². The van der Waals surface area contributed by atoms with Crippen molar-refractivity contribution < 1.29 is 9.53 Å². The molecule has 0 saturated heterocycles. The molecule has 9 heteroatoms. The molecular formula is C27H26N4O3S2. The van der Waals surface area contributed by atoms with E-state index in [4.69, 9.17) is 9.72 Å². The van der Waals surface area contributed by atoms with Crippen LogP contribution in [-0.4, -0.2) is 34.5 Å². The standard InChI is InChI=1S/C27H26N4O3S2/c1-17-7-11-19(12-8-17)31-26(33)24-21-5-3-4-6-22(21)36-25(24)29-27(31)35-16-23(32)30-28-15-18-9-13-20(34-2)14-10-18/h7-15H,3-6,16H2,1-2H3,(H,30,32)/b28-15+. The van der Waals surface area contributed by atoms with Crippen LogP contribution in [0.2, 0.25) is 0 Å². The average Bonchev–Trinajstić information content (AvgIpc) is 3.27. The van der Waals surface area contributed by atoms with Gasteiger partial charge in [-0.05, 0) is 80.1 Å². The van der Waals surface area contributed by atoms with Gasteiger partial charge in [-0.25, -0.2) is 10.4 Å². The van der Waals surface area contributed by atoms with Gasteiger partial charge in [0.15, 0.2) is 5.16 Å². The van der Waals surface area contributed by atoms with Crippen LogP contribution in [0.15, 0.2) is 63.6 Å². The molecular weight excluding hydrogens is 492 g/mol. The van der Waals surface area contributed by atoms with Gasteiger partial charge in [-0.2, -0.15) is 5.10 Å². The number of carbonyl (C=O) groups excluding carboxylic acids is 1. The van der Waals surface area contributed by atoms with E-state index in [0.29, 0.717) is 5.16 Å². The van der Waals surface area contributed by atoms with Crippen LogP contribution in [0, 0.1) is 6.92 Å². The van der Waals surface area contributed by atoms with Crippen molar-refractivity contribution >= 4 is 45.4 Å². The molecule has 1 amide bonds. The van der Waals surface area contributed by atoms with Crippen LogP contribution in [-0.2, 0) is 17.6 Å². The molecule has 0 aliphatic heterocycles. The molecule has 0 atom stereocenters. The highest BCUT2D eigenvalue weighted by Gasteiger charge is 2.23. The lowest BCUT2D eigenvalue weighted by Gasteiger charge is -2.13. The largest absolute Gasteiger partial charge is 0.497 e. The zero-order valence-corrected chi connectivity index (χ0v) is 21.7. The van der Waals surface area contributed by atoms with Crippen LogP contribution in [0.3, 0.4) is 0 Å². The summed E-state index contributed by atoms with van der Waals surface area (Å²) in [5.74, 6) is 0.554. The molecule has 0 saturated carbocycles. The normalized spacial score (nSPS) is 13.2. The van der Waals surface area contributed by atoms with Crippen LogP contribution in [0.5, 0.6) is 5.75 Å². The fraction of sp³-hybridized carbons (Fsp3) is 0.259. The summed E-state index contributed by atoms with van der Waals surface area (Å²) in [6.45, 7) is 2.01. The number of aromatic nitrogens is 2. The van der Waals surface area contributed by atoms with Crippen LogP contribution in [0.1, 0.15) is 34.4 Å². The van der Waals surface area contributed by atoms with E-state index in [1.165, 1.54) is 16.6 Å². The first-order valence-corrected chi connectivity index (χ1v) is 13.6. The first-order valence-electron chi connectivity index (χ1n) is 11.8. The van der Waals surface area contributed by atoms with Crippen molar-refractivity contribution in [1.82, 2.24) is 15.0 Å². The number of carbonyl (C=O) groups is 1. The predicted molar refractivity (Wildman–Crippen MR) is 146 cm³/mol. The van der Waals surface area contributed by atoms with Crippen molar-refractivity contribution in [3.63, 3.8) is 0 Å². The molecule has 1 aliphatic carbocycles. The molecule has 1 aliphatic rings. The molecule has 2 aromatic heterocycles. The quantitative estimate of drug-likeness (QED) is 0.163. The molecule has 4 aromatic rings. The predicted octanol–water partition coefficient (Wildman–Crippen LogP) is 4.89. The van der Waals surface area contributed by atoms with Gasteiger partial charge in [0, 0.05) is 4.88 Å². The number of hydrogen-bond donors (Lipinski definition) is 1. The van der Waals surface area contributed by atoms with E-state index in [9.17, 15) is 9.59 Å². The number of rotatable bonds is 7. The Kier molecular flexibility index (Phi) is 7.20. The molecule has 5 rings (SSSR count). The smallest absolute Gasteiger partial charge is 0.267 e. The van der Waals surface area contributed by atoms with Crippen molar-refractivity contribution in [2.75, 3.05) is 12.9 Å². The number of amides is 1. The highest BCUT2D eigenvalue weighted by atomic mass is 32.2. The number of nitrogens with zero attached hydrogens (tertiary/aromatic N) is 3. The number of aryl methyl sites for hydroxylation is 3. The molecule has 0 spiro atoms. The lowest BCUT2D eigenvalue weighted by molar-refractivity contribution is -0.118. The lowest BCUT2D eigenvalue weighted by Crippen LogP contribution is -2.24. The minimum Gasteiger partial charge on any atom is -0.497 e. The van der Waals surface area contributed by atoms with Crippen molar-refractivity contribution in [3.8, 4) is 11.4 Å². The Morgan fingerprint density at radius 3 is 2.67 bits per heavy atom. The Bertz CT molecular complexity index is 1490. The minimum atomic E-state index is -0.278. The van der Waals surface area contributed by atoms with Gasteiger partial charge in [0.2, 0.25) is 0 Å². The SMILES string of the molecule is COc1ccc(/C=N/NC(=O)CSc2nc3sc4c(c3c(=O)n2-c2ccc(C)cc2)CCCC4)cc1. The van der Waals surface area contributed by atoms with Gasteiger partial charge in [-0.1, -0.05) is 29.5 Å². The Morgan fingerprint density at radius 1 is 1.17 bits per heavy atom. The first kappa shape index (κ1) is 24.3. The van der Waals surface area contributed by atoms with Gasteiger partial charge in [-0.3, -0.25) is 14.2 Å². The molecule has 1 N–H and O–H groups in total. The van der Waals surface area contributed by atoms with E-state index in [0.717, 1.165) is 64.0 Å². The number of methoxy groups -OCH3 is 1. The second-order valence-corrected chi connectivity index (χ2v) is 10.6. The molecule has 184 valence electrons. The maximum Gasteiger partial charge on any atom is 0.267 e. The summed E-state index contributed by atoms with van der Waals surface area (Å²) in [5, 5.41) is 5.28. The zero-order chi connectivity index (χ0) is 25.1. The second-order valence-electron chi connectivity index (χ2n) is 8.62. The molecule has 2 heterocycles. The Morgan fingerprint density at radius 2 is 1.92 bits per heavy atom. The maximum absolute atomic E-state index is 13.8. The van der Waals surface area contributed by atoms with Gasteiger partial charge < -0.3 is 4.74 Å². The number of fused-ring (bicyclic) bond motifs is 3. The van der Waals surface area contributed by atoms with Crippen LogP contribution in [0.4, 0.5) is 0 Å². The van der Waals surface area contributed by atoms with Gasteiger partial charge in [-0.15, -0.1) is 11.3 Å². The minimum absolute atomic E-state index is 0.0660. The summed E-state index contributed by atoms with van der Waals surface area (Å²) < 4.78 is 6.79. The Labute approximate surface area is 217 Å². The number of thiophene rings is 1. The Balaban J connectivity index is 1.40. The molecule has 7 nitrogen and oxygen atoms in total. The summed E-state index contributed by atoms with van der Waals surface area (Å²) in [4.78, 5) is 33.2. The van der Waals surface area contributed by atoms with Crippen LogP contribution >= 0.6 is 23.1 Å². The molecule has 36 heavy (non-hydrogen) atoms. The van der Waals surface area contributed by atoms with Crippen LogP contribution in [0.25, 0.3) is 15.9 Å². The second kappa shape index (κ2) is 10.7. The third-order valence-corrected chi connectivity index (χ3v) is 8.23.